The van der Waals surface area contributed by atoms with Crippen LogP contribution in [0, 0.1) is 11.9 Å². The van der Waals surface area contributed by atoms with Gasteiger partial charge in [0.25, 0.3) is 0 Å². The lowest BCUT2D eigenvalue weighted by Crippen LogP contribution is -2.00. The van der Waals surface area contributed by atoms with E-state index < -0.39 is 0 Å². The Bertz CT molecular complexity index is 608. The molecule has 0 saturated heterocycles. The quantitative estimate of drug-likeness (QED) is 0.699. The first-order valence-corrected chi connectivity index (χ1v) is 6.96. The van der Waals surface area contributed by atoms with Gasteiger partial charge in [0, 0.05) is 23.1 Å². The van der Waals surface area contributed by atoms with Crippen LogP contribution in [-0.2, 0) is 6.42 Å². The highest BCUT2D eigenvalue weighted by Crippen LogP contribution is 2.22. The van der Waals surface area contributed by atoms with Crippen LogP contribution in [0.5, 0.6) is 0 Å². The molecule has 4 heteroatoms. The average molecular weight is 310 g/mol. The van der Waals surface area contributed by atoms with Gasteiger partial charge in [0.1, 0.15) is 5.82 Å². The predicted octanol–water partition coefficient (Wildman–Crippen LogP) is 5.14. The third-order valence-electron chi connectivity index (χ3n) is 2.95. The van der Waals surface area contributed by atoms with E-state index >= 15 is 0 Å². The molecule has 0 aliphatic rings. The number of rotatable bonds is 5. The van der Waals surface area contributed by atoms with Crippen LogP contribution in [0.15, 0.2) is 36.4 Å². The molecule has 0 N–H and O–H groups in total. The van der Waals surface area contributed by atoms with Crippen molar-refractivity contribution in [2.45, 2.75) is 19.3 Å². The zero-order valence-electron chi connectivity index (χ0n) is 10.6. The highest BCUT2D eigenvalue weighted by atomic mass is 35.5. The molecule has 2 aromatic rings. The molecule has 2 rings (SSSR count). The van der Waals surface area contributed by atoms with E-state index in [4.69, 9.17) is 23.2 Å². The minimum atomic E-state index is -0.345. The first-order valence-electron chi connectivity index (χ1n) is 6.20. The molecule has 20 heavy (non-hydrogen) atoms. The van der Waals surface area contributed by atoms with Crippen LogP contribution < -0.4 is 0 Å². The molecule has 0 heterocycles. The van der Waals surface area contributed by atoms with Crippen molar-refractivity contribution in [1.29, 1.82) is 0 Å². The summed E-state index contributed by atoms with van der Waals surface area (Å²) in [6, 6.07) is 11.8. The molecular formula is C16H12Cl2FO. The molecular weight excluding hydrogens is 298 g/mol. The first kappa shape index (κ1) is 15.0. The Kier molecular flexibility index (Phi) is 5.16. The van der Waals surface area contributed by atoms with Gasteiger partial charge in [-0.05, 0) is 54.8 Å². The van der Waals surface area contributed by atoms with E-state index in [-0.39, 0.29) is 11.6 Å². The number of carbonyl (C=O) groups is 1. The van der Waals surface area contributed by atoms with E-state index in [0.29, 0.717) is 34.9 Å². The Morgan fingerprint density at radius 1 is 1.20 bits per heavy atom. The summed E-state index contributed by atoms with van der Waals surface area (Å²) < 4.78 is 12.8. The van der Waals surface area contributed by atoms with E-state index in [2.05, 4.69) is 6.07 Å². The van der Waals surface area contributed by atoms with E-state index in [0.717, 1.165) is 5.56 Å². The molecule has 0 unspecified atom stereocenters. The molecule has 0 amide bonds. The summed E-state index contributed by atoms with van der Waals surface area (Å²) in [5.74, 6) is -0.352. The van der Waals surface area contributed by atoms with Gasteiger partial charge in [0.2, 0.25) is 0 Å². The molecule has 0 aromatic heterocycles. The lowest BCUT2D eigenvalue weighted by Gasteiger charge is -2.05. The number of hydrogen-bond donors (Lipinski definition) is 0. The third kappa shape index (κ3) is 4.06. The summed E-state index contributed by atoms with van der Waals surface area (Å²) in [6.07, 6.45) is 1.70. The standard InChI is InChI=1S/C16H12Cl2FO/c17-13-6-9-15(18)12(10-13)2-1-3-16(20)11-4-7-14(19)8-5-11/h4-8,10H,1-3H2. The fourth-order valence-electron chi connectivity index (χ4n) is 1.90. The predicted molar refractivity (Wildman–Crippen MR) is 79.0 cm³/mol. The van der Waals surface area contributed by atoms with Crippen molar-refractivity contribution in [3.63, 3.8) is 0 Å². The molecule has 2 aromatic carbocycles. The number of Topliss-reactive ketones (excluding diaryl/α,β-unsaturated/α-hetero) is 1. The minimum absolute atomic E-state index is 0.00729. The van der Waals surface area contributed by atoms with Crippen molar-refractivity contribution in [2.75, 3.05) is 0 Å². The fourth-order valence-corrected chi connectivity index (χ4v) is 2.29. The van der Waals surface area contributed by atoms with Gasteiger partial charge in [-0.2, -0.15) is 0 Å². The fraction of sp³-hybridized carbons (Fsp3) is 0.188. The van der Waals surface area contributed by atoms with Crippen LogP contribution in [0.2, 0.25) is 10.0 Å². The molecule has 1 radical (unpaired) electrons. The van der Waals surface area contributed by atoms with Crippen LogP contribution in [0.1, 0.15) is 28.8 Å². The molecule has 0 atom stereocenters. The second-order valence-corrected chi connectivity index (χ2v) is 5.26. The molecule has 0 fully saturated rings. The van der Waals surface area contributed by atoms with Gasteiger partial charge >= 0.3 is 0 Å². The summed E-state index contributed by atoms with van der Waals surface area (Å²) in [6.45, 7) is 0. The lowest BCUT2D eigenvalue weighted by atomic mass is 10.0. The maximum Gasteiger partial charge on any atom is 0.162 e. The van der Waals surface area contributed by atoms with Crippen LogP contribution in [0.25, 0.3) is 0 Å². The monoisotopic (exact) mass is 309 g/mol. The summed E-state index contributed by atoms with van der Waals surface area (Å²) in [4.78, 5) is 11.9. The average Bonchev–Trinajstić information content (AvgIpc) is 2.43. The van der Waals surface area contributed by atoms with Crippen LogP contribution >= 0.6 is 23.2 Å². The van der Waals surface area contributed by atoms with E-state index in [1.807, 2.05) is 0 Å². The maximum atomic E-state index is 12.8. The smallest absolute Gasteiger partial charge is 0.162 e. The molecule has 0 bridgehead atoms. The molecule has 0 spiro atoms. The molecule has 1 nitrogen and oxygen atoms in total. The van der Waals surface area contributed by atoms with Crippen LogP contribution in [-0.4, -0.2) is 5.78 Å². The summed E-state index contributed by atoms with van der Waals surface area (Å²) in [5, 5.41) is 1.11. The highest BCUT2D eigenvalue weighted by molar-refractivity contribution is 6.33. The summed E-state index contributed by atoms with van der Waals surface area (Å²) in [7, 11) is 0. The molecule has 0 aliphatic carbocycles. The van der Waals surface area contributed by atoms with E-state index in [1.165, 1.54) is 24.3 Å². The van der Waals surface area contributed by atoms with Gasteiger partial charge in [0.15, 0.2) is 5.78 Å². The number of carbonyl (C=O) groups excluding carboxylic acids is 1. The molecule has 0 saturated carbocycles. The van der Waals surface area contributed by atoms with E-state index in [9.17, 15) is 9.18 Å². The first-order chi connectivity index (χ1) is 9.56. The van der Waals surface area contributed by atoms with Gasteiger partial charge < -0.3 is 0 Å². The second kappa shape index (κ2) is 6.87. The zero-order chi connectivity index (χ0) is 14.5. The number of benzene rings is 2. The van der Waals surface area contributed by atoms with Crippen LogP contribution in [0.4, 0.5) is 4.39 Å². The molecule has 0 aliphatic heterocycles. The van der Waals surface area contributed by atoms with Crippen molar-refractivity contribution in [2.24, 2.45) is 0 Å². The Hall–Kier alpha value is -1.38. The van der Waals surface area contributed by atoms with Crippen molar-refractivity contribution in [3.05, 3.63) is 69.5 Å². The van der Waals surface area contributed by atoms with Crippen molar-refractivity contribution in [3.8, 4) is 0 Å². The van der Waals surface area contributed by atoms with Crippen molar-refractivity contribution >= 4 is 29.0 Å². The Morgan fingerprint density at radius 2 is 1.90 bits per heavy atom. The number of halogens is 3. The van der Waals surface area contributed by atoms with Gasteiger partial charge in [-0.25, -0.2) is 4.39 Å². The van der Waals surface area contributed by atoms with Gasteiger partial charge in [-0.1, -0.05) is 23.2 Å². The Labute approximate surface area is 127 Å². The summed E-state index contributed by atoms with van der Waals surface area (Å²) >= 11 is 11.9. The van der Waals surface area contributed by atoms with Gasteiger partial charge in [-0.15, -0.1) is 0 Å². The lowest BCUT2D eigenvalue weighted by molar-refractivity contribution is 0.0980. The minimum Gasteiger partial charge on any atom is -0.294 e. The number of ketones is 1. The second-order valence-electron chi connectivity index (χ2n) is 4.44. The Balaban J connectivity index is 1.91. The third-order valence-corrected chi connectivity index (χ3v) is 3.52. The van der Waals surface area contributed by atoms with Gasteiger partial charge in [-0.3, -0.25) is 4.79 Å². The normalized spacial score (nSPS) is 10.6. The number of hydrogen-bond acceptors (Lipinski definition) is 1. The topological polar surface area (TPSA) is 17.1 Å². The summed E-state index contributed by atoms with van der Waals surface area (Å²) in [5.41, 5.74) is 1.40. The maximum absolute atomic E-state index is 12.8. The van der Waals surface area contributed by atoms with Crippen molar-refractivity contribution < 1.29 is 9.18 Å². The van der Waals surface area contributed by atoms with Gasteiger partial charge in [0.05, 0.1) is 5.02 Å². The molecule has 103 valence electrons. The van der Waals surface area contributed by atoms with Crippen molar-refractivity contribution in [1.82, 2.24) is 0 Å². The highest BCUT2D eigenvalue weighted by Gasteiger charge is 2.07. The zero-order valence-corrected chi connectivity index (χ0v) is 12.1. The van der Waals surface area contributed by atoms with E-state index in [1.54, 1.807) is 12.1 Å². The SMILES string of the molecule is O=C(CCCc1cc(Cl)c[c]c1Cl)c1ccc(F)cc1. The number of aryl methyl sites for hydroxylation is 1. The Morgan fingerprint density at radius 3 is 2.60 bits per heavy atom. The van der Waals surface area contributed by atoms with Crippen LogP contribution in [0.3, 0.4) is 0 Å². The largest absolute Gasteiger partial charge is 0.294 e.